The Labute approximate surface area is 96.1 Å². The molecule has 0 aromatic carbocycles. The number of carbonyl (C=O) groups excluding carboxylic acids is 1. The van der Waals surface area contributed by atoms with Crippen molar-refractivity contribution in [3.05, 3.63) is 0 Å². The number of amides is 1. The normalized spacial score (nSPS) is 18.6. The van der Waals surface area contributed by atoms with Crippen LogP contribution in [0.2, 0.25) is 0 Å². The van der Waals surface area contributed by atoms with Crippen molar-refractivity contribution in [3.8, 4) is 0 Å². The van der Waals surface area contributed by atoms with E-state index in [1.54, 1.807) is 0 Å². The summed E-state index contributed by atoms with van der Waals surface area (Å²) in [5.41, 5.74) is 5.57. The maximum absolute atomic E-state index is 11.9. The molecule has 0 bridgehead atoms. The molecule has 5 nitrogen and oxygen atoms in total. The largest absolute Gasteiger partial charge is 0.409 e. The number of oxime groups is 1. The molecule has 1 unspecified atom stereocenters. The second-order valence-electron chi connectivity index (χ2n) is 4.36. The Balaban J connectivity index is 2.57. The first-order valence-electron chi connectivity index (χ1n) is 5.91. The van der Waals surface area contributed by atoms with Crippen molar-refractivity contribution in [2.75, 3.05) is 0 Å². The van der Waals surface area contributed by atoms with Gasteiger partial charge in [-0.1, -0.05) is 19.0 Å². The molecular weight excluding hydrogens is 206 g/mol. The molecule has 0 aliphatic heterocycles. The molecular formula is C11H21N3O2. The van der Waals surface area contributed by atoms with E-state index < -0.39 is 0 Å². The van der Waals surface area contributed by atoms with Gasteiger partial charge in [-0.15, -0.1) is 0 Å². The van der Waals surface area contributed by atoms with E-state index in [1.165, 1.54) is 0 Å². The maximum Gasteiger partial charge on any atom is 0.223 e. The smallest absolute Gasteiger partial charge is 0.223 e. The van der Waals surface area contributed by atoms with E-state index >= 15 is 0 Å². The van der Waals surface area contributed by atoms with Crippen molar-refractivity contribution >= 4 is 11.7 Å². The first-order valence-corrected chi connectivity index (χ1v) is 5.91. The first kappa shape index (κ1) is 12.8. The van der Waals surface area contributed by atoms with Crippen LogP contribution < -0.4 is 11.1 Å². The zero-order valence-corrected chi connectivity index (χ0v) is 9.94. The highest BCUT2D eigenvalue weighted by Gasteiger charge is 2.35. The standard InChI is InChI=1S/C11H21N3O2/c1-3-7(4-2)11(15)13-9(8-5-6-8)10(12)14-16/h7-9,16H,3-6H2,1-2H3,(H2,12,14)(H,13,15). The van der Waals surface area contributed by atoms with Gasteiger partial charge < -0.3 is 16.3 Å². The minimum Gasteiger partial charge on any atom is -0.409 e. The average molecular weight is 227 g/mol. The van der Waals surface area contributed by atoms with Gasteiger partial charge in [0.1, 0.15) is 0 Å². The molecule has 0 radical (unpaired) electrons. The van der Waals surface area contributed by atoms with Gasteiger partial charge in [0.2, 0.25) is 5.91 Å². The number of hydrogen-bond acceptors (Lipinski definition) is 3. The van der Waals surface area contributed by atoms with Crippen LogP contribution in [-0.2, 0) is 4.79 Å². The lowest BCUT2D eigenvalue weighted by Gasteiger charge is -2.20. The fraction of sp³-hybridized carbons (Fsp3) is 0.818. The van der Waals surface area contributed by atoms with Crippen LogP contribution in [0.4, 0.5) is 0 Å². The Kier molecular flexibility index (Phi) is 4.58. The highest BCUT2D eigenvalue weighted by atomic mass is 16.4. The van der Waals surface area contributed by atoms with E-state index in [0.717, 1.165) is 25.7 Å². The third kappa shape index (κ3) is 3.12. The number of nitrogens with one attached hydrogen (secondary N) is 1. The van der Waals surface area contributed by atoms with Crippen LogP contribution in [0.1, 0.15) is 39.5 Å². The van der Waals surface area contributed by atoms with Crippen molar-refractivity contribution in [1.82, 2.24) is 5.32 Å². The van der Waals surface area contributed by atoms with Crippen LogP contribution in [-0.4, -0.2) is 23.0 Å². The minimum atomic E-state index is -0.293. The predicted octanol–water partition coefficient (Wildman–Crippen LogP) is 1.06. The van der Waals surface area contributed by atoms with Crippen molar-refractivity contribution in [2.24, 2.45) is 22.7 Å². The van der Waals surface area contributed by atoms with Crippen LogP contribution in [0.25, 0.3) is 0 Å². The van der Waals surface area contributed by atoms with E-state index in [4.69, 9.17) is 10.9 Å². The zero-order valence-electron chi connectivity index (χ0n) is 9.94. The molecule has 1 amide bonds. The third-order valence-corrected chi connectivity index (χ3v) is 3.18. The molecule has 16 heavy (non-hydrogen) atoms. The van der Waals surface area contributed by atoms with Crippen molar-refractivity contribution in [1.29, 1.82) is 0 Å². The lowest BCUT2D eigenvalue weighted by molar-refractivity contribution is -0.125. The van der Waals surface area contributed by atoms with Gasteiger partial charge >= 0.3 is 0 Å². The van der Waals surface area contributed by atoms with Crippen LogP contribution >= 0.6 is 0 Å². The zero-order chi connectivity index (χ0) is 12.1. The topological polar surface area (TPSA) is 87.7 Å². The fourth-order valence-electron chi connectivity index (χ4n) is 1.86. The molecule has 5 heteroatoms. The molecule has 4 N–H and O–H groups in total. The Morgan fingerprint density at radius 2 is 2.06 bits per heavy atom. The molecule has 0 aromatic rings. The second kappa shape index (κ2) is 5.72. The lowest BCUT2D eigenvalue weighted by Crippen LogP contribution is -2.48. The summed E-state index contributed by atoms with van der Waals surface area (Å²) in [7, 11) is 0. The Morgan fingerprint density at radius 3 is 2.44 bits per heavy atom. The number of hydrogen-bond donors (Lipinski definition) is 3. The molecule has 0 aromatic heterocycles. The van der Waals surface area contributed by atoms with Gasteiger partial charge in [-0.2, -0.15) is 0 Å². The summed E-state index contributed by atoms with van der Waals surface area (Å²) >= 11 is 0. The molecule has 0 spiro atoms. The molecule has 1 saturated carbocycles. The minimum absolute atomic E-state index is 0.00787. The Morgan fingerprint density at radius 1 is 1.50 bits per heavy atom. The number of nitrogens with zero attached hydrogens (tertiary/aromatic N) is 1. The molecule has 0 heterocycles. The molecule has 1 aliphatic carbocycles. The number of amidine groups is 1. The van der Waals surface area contributed by atoms with Crippen LogP contribution in [0.5, 0.6) is 0 Å². The summed E-state index contributed by atoms with van der Waals surface area (Å²) < 4.78 is 0. The summed E-state index contributed by atoms with van der Waals surface area (Å²) in [6.07, 6.45) is 3.69. The first-order chi connectivity index (χ1) is 7.63. The summed E-state index contributed by atoms with van der Waals surface area (Å²) in [5, 5.41) is 14.5. The van der Waals surface area contributed by atoms with Gasteiger partial charge in [0.15, 0.2) is 5.84 Å². The van der Waals surface area contributed by atoms with E-state index in [9.17, 15) is 4.79 Å². The number of rotatable bonds is 6. The van der Waals surface area contributed by atoms with Gasteiger partial charge in [-0.3, -0.25) is 4.79 Å². The molecule has 0 saturated heterocycles. The predicted molar refractivity (Wildman–Crippen MR) is 62.1 cm³/mol. The maximum atomic E-state index is 11.9. The van der Waals surface area contributed by atoms with E-state index in [1.807, 2.05) is 13.8 Å². The Bertz CT molecular complexity index is 270. The van der Waals surface area contributed by atoms with Crippen molar-refractivity contribution in [3.63, 3.8) is 0 Å². The number of carbonyl (C=O) groups is 1. The van der Waals surface area contributed by atoms with Crippen molar-refractivity contribution in [2.45, 2.75) is 45.6 Å². The Hall–Kier alpha value is -1.26. The fourth-order valence-corrected chi connectivity index (χ4v) is 1.86. The van der Waals surface area contributed by atoms with Crippen LogP contribution in [0.15, 0.2) is 5.16 Å². The van der Waals surface area contributed by atoms with Gasteiger partial charge in [0.25, 0.3) is 0 Å². The average Bonchev–Trinajstić information content (AvgIpc) is 3.10. The summed E-state index contributed by atoms with van der Waals surface area (Å²) in [4.78, 5) is 11.9. The van der Waals surface area contributed by atoms with E-state index in [-0.39, 0.29) is 23.7 Å². The highest BCUT2D eigenvalue weighted by Crippen LogP contribution is 2.33. The van der Waals surface area contributed by atoms with Gasteiger partial charge in [-0.25, -0.2) is 0 Å². The van der Waals surface area contributed by atoms with Gasteiger partial charge in [-0.05, 0) is 31.6 Å². The third-order valence-electron chi connectivity index (χ3n) is 3.18. The summed E-state index contributed by atoms with van der Waals surface area (Å²) in [6.45, 7) is 3.98. The van der Waals surface area contributed by atoms with E-state index in [0.29, 0.717) is 5.92 Å². The van der Waals surface area contributed by atoms with Crippen LogP contribution in [0.3, 0.4) is 0 Å². The molecule has 1 aliphatic rings. The van der Waals surface area contributed by atoms with Crippen molar-refractivity contribution < 1.29 is 10.0 Å². The van der Waals surface area contributed by atoms with Gasteiger partial charge in [0, 0.05) is 5.92 Å². The quantitative estimate of drug-likeness (QED) is 0.274. The lowest BCUT2D eigenvalue weighted by atomic mass is 10.0. The van der Waals surface area contributed by atoms with Crippen LogP contribution in [0, 0.1) is 11.8 Å². The highest BCUT2D eigenvalue weighted by molar-refractivity contribution is 5.91. The molecule has 1 fully saturated rings. The number of nitrogens with two attached hydrogens (primary N) is 1. The van der Waals surface area contributed by atoms with Gasteiger partial charge in [0.05, 0.1) is 6.04 Å². The monoisotopic (exact) mass is 227 g/mol. The summed E-state index contributed by atoms with van der Waals surface area (Å²) in [5.74, 6) is 0.484. The molecule has 92 valence electrons. The SMILES string of the molecule is CCC(CC)C(=O)NC(C(N)=NO)C1CC1. The summed E-state index contributed by atoms with van der Waals surface area (Å²) in [6, 6.07) is -0.293. The second-order valence-corrected chi connectivity index (χ2v) is 4.36. The van der Waals surface area contributed by atoms with E-state index in [2.05, 4.69) is 10.5 Å². The molecule has 1 rings (SSSR count). The molecule has 1 atom stereocenters.